The van der Waals surface area contributed by atoms with Gasteiger partial charge in [-0.3, -0.25) is 0 Å². The number of pyridine rings is 1. The van der Waals surface area contributed by atoms with Crippen LogP contribution in [0.15, 0.2) is 40.9 Å². The molecule has 0 fully saturated rings. The first kappa shape index (κ1) is 15.3. The lowest BCUT2D eigenvalue weighted by Gasteiger charge is -2.10. The van der Waals surface area contributed by atoms with Crippen LogP contribution in [0.2, 0.25) is 0 Å². The summed E-state index contributed by atoms with van der Waals surface area (Å²) in [5, 5.41) is 9.05. The summed E-state index contributed by atoms with van der Waals surface area (Å²) in [4.78, 5) is 14.4. The van der Waals surface area contributed by atoms with Crippen molar-refractivity contribution < 1.29 is 27.8 Å². The summed E-state index contributed by atoms with van der Waals surface area (Å²) < 4.78 is 43.3. The SMILES string of the molecule is O=C(O)c1cc(Br)ccc1Oc1cccc(C(F)(F)F)n1. The van der Waals surface area contributed by atoms with Crippen molar-refractivity contribution in [2.75, 3.05) is 0 Å². The number of hydrogen-bond acceptors (Lipinski definition) is 3. The predicted octanol–water partition coefficient (Wildman–Crippen LogP) is 4.35. The van der Waals surface area contributed by atoms with Gasteiger partial charge in [0.2, 0.25) is 5.88 Å². The van der Waals surface area contributed by atoms with E-state index in [-0.39, 0.29) is 17.2 Å². The zero-order valence-electron chi connectivity index (χ0n) is 10.2. The van der Waals surface area contributed by atoms with Gasteiger partial charge in [-0.2, -0.15) is 13.2 Å². The molecule has 0 unspecified atom stereocenters. The first-order valence-electron chi connectivity index (χ1n) is 5.52. The second kappa shape index (κ2) is 5.72. The molecule has 8 heteroatoms. The molecule has 0 spiro atoms. The Kier molecular flexibility index (Phi) is 4.17. The Morgan fingerprint density at radius 3 is 2.57 bits per heavy atom. The van der Waals surface area contributed by atoms with Gasteiger partial charge in [-0.1, -0.05) is 22.0 Å². The number of halogens is 4. The van der Waals surface area contributed by atoms with Crippen molar-refractivity contribution in [1.82, 2.24) is 4.98 Å². The number of rotatable bonds is 3. The molecule has 0 bridgehead atoms. The summed E-state index contributed by atoms with van der Waals surface area (Å²) in [5.74, 6) is -1.70. The van der Waals surface area contributed by atoms with Gasteiger partial charge in [0.25, 0.3) is 0 Å². The van der Waals surface area contributed by atoms with E-state index in [1.165, 1.54) is 24.3 Å². The number of carboxylic acid groups (broad SMARTS) is 1. The van der Waals surface area contributed by atoms with E-state index in [4.69, 9.17) is 9.84 Å². The molecule has 110 valence electrons. The maximum Gasteiger partial charge on any atom is 0.433 e. The molecule has 0 radical (unpaired) electrons. The van der Waals surface area contributed by atoms with Crippen LogP contribution >= 0.6 is 15.9 Å². The Balaban J connectivity index is 2.37. The van der Waals surface area contributed by atoms with Crippen LogP contribution in [0.25, 0.3) is 0 Å². The number of benzene rings is 1. The summed E-state index contributed by atoms with van der Waals surface area (Å²) >= 11 is 3.10. The molecule has 1 heterocycles. The third kappa shape index (κ3) is 3.72. The highest BCUT2D eigenvalue weighted by molar-refractivity contribution is 9.10. The van der Waals surface area contributed by atoms with Crippen LogP contribution in [0, 0.1) is 0 Å². The molecule has 1 aromatic heterocycles. The summed E-state index contributed by atoms with van der Waals surface area (Å²) in [7, 11) is 0. The van der Waals surface area contributed by atoms with Gasteiger partial charge < -0.3 is 9.84 Å². The van der Waals surface area contributed by atoms with Crippen molar-refractivity contribution in [3.63, 3.8) is 0 Å². The first-order chi connectivity index (χ1) is 9.77. The Bertz CT molecular complexity index is 689. The summed E-state index contributed by atoms with van der Waals surface area (Å²) in [6.07, 6.45) is -4.60. The van der Waals surface area contributed by atoms with Crippen LogP contribution in [0.3, 0.4) is 0 Å². The van der Waals surface area contributed by atoms with Crippen molar-refractivity contribution in [1.29, 1.82) is 0 Å². The molecule has 0 aliphatic carbocycles. The second-order valence-electron chi connectivity index (χ2n) is 3.91. The number of aromatic carboxylic acids is 1. The smallest absolute Gasteiger partial charge is 0.433 e. The van der Waals surface area contributed by atoms with Crippen molar-refractivity contribution in [2.24, 2.45) is 0 Å². The van der Waals surface area contributed by atoms with E-state index in [1.54, 1.807) is 0 Å². The topological polar surface area (TPSA) is 59.4 Å². The lowest BCUT2D eigenvalue weighted by Crippen LogP contribution is -2.08. The highest BCUT2D eigenvalue weighted by atomic mass is 79.9. The number of carboxylic acids is 1. The van der Waals surface area contributed by atoms with Crippen LogP contribution in [0.5, 0.6) is 11.6 Å². The molecule has 0 aliphatic rings. The van der Waals surface area contributed by atoms with Crippen LogP contribution in [-0.2, 0) is 6.18 Å². The maximum atomic E-state index is 12.5. The van der Waals surface area contributed by atoms with Gasteiger partial charge >= 0.3 is 12.1 Å². The lowest BCUT2D eigenvalue weighted by atomic mass is 10.2. The van der Waals surface area contributed by atoms with Crippen LogP contribution in [-0.4, -0.2) is 16.1 Å². The van der Waals surface area contributed by atoms with Crippen LogP contribution < -0.4 is 4.74 Å². The fourth-order valence-electron chi connectivity index (χ4n) is 1.50. The average Bonchev–Trinajstić information content (AvgIpc) is 2.40. The fourth-order valence-corrected chi connectivity index (χ4v) is 1.86. The largest absolute Gasteiger partial charge is 0.478 e. The number of carbonyl (C=O) groups is 1. The number of aromatic nitrogens is 1. The molecule has 21 heavy (non-hydrogen) atoms. The standard InChI is InChI=1S/C13H7BrF3NO3/c14-7-4-5-9(8(6-7)12(19)20)21-11-3-1-2-10(18-11)13(15,16)17/h1-6H,(H,19,20). The Morgan fingerprint density at radius 2 is 1.95 bits per heavy atom. The molecule has 0 amide bonds. The van der Waals surface area contributed by atoms with E-state index < -0.39 is 17.8 Å². The quantitative estimate of drug-likeness (QED) is 0.882. The molecule has 0 atom stereocenters. The van der Waals surface area contributed by atoms with E-state index in [9.17, 15) is 18.0 Å². The molecular formula is C13H7BrF3NO3. The number of alkyl halides is 3. The Labute approximate surface area is 125 Å². The minimum atomic E-state index is -4.60. The number of nitrogens with zero attached hydrogens (tertiary/aromatic N) is 1. The van der Waals surface area contributed by atoms with E-state index >= 15 is 0 Å². The summed E-state index contributed by atoms with van der Waals surface area (Å²) in [6, 6.07) is 7.26. The third-order valence-corrected chi connectivity index (χ3v) is 2.89. The van der Waals surface area contributed by atoms with E-state index in [0.717, 1.165) is 12.1 Å². The van der Waals surface area contributed by atoms with E-state index in [1.807, 2.05) is 0 Å². The van der Waals surface area contributed by atoms with Crippen molar-refractivity contribution in [3.8, 4) is 11.6 Å². The van der Waals surface area contributed by atoms with Crippen LogP contribution in [0.1, 0.15) is 16.1 Å². The van der Waals surface area contributed by atoms with Gasteiger partial charge in [-0.25, -0.2) is 9.78 Å². The van der Waals surface area contributed by atoms with Gasteiger partial charge in [0.1, 0.15) is 17.0 Å². The minimum Gasteiger partial charge on any atom is -0.478 e. The van der Waals surface area contributed by atoms with E-state index in [2.05, 4.69) is 20.9 Å². The van der Waals surface area contributed by atoms with Gasteiger partial charge in [0, 0.05) is 10.5 Å². The third-order valence-electron chi connectivity index (χ3n) is 2.40. The molecule has 0 saturated carbocycles. The fraction of sp³-hybridized carbons (Fsp3) is 0.0769. The normalized spacial score (nSPS) is 11.2. The predicted molar refractivity (Wildman–Crippen MR) is 70.4 cm³/mol. The van der Waals surface area contributed by atoms with Crippen molar-refractivity contribution in [2.45, 2.75) is 6.18 Å². The molecule has 1 aromatic carbocycles. The highest BCUT2D eigenvalue weighted by Gasteiger charge is 2.32. The second-order valence-corrected chi connectivity index (χ2v) is 4.82. The van der Waals surface area contributed by atoms with Crippen LogP contribution in [0.4, 0.5) is 13.2 Å². The zero-order chi connectivity index (χ0) is 15.6. The summed E-state index contributed by atoms with van der Waals surface area (Å²) in [6.45, 7) is 0. The van der Waals surface area contributed by atoms with Gasteiger partial charge in [-0.15, -0.1) is 0 Å². The monoisotopic (exact) mass is 361 g/mol. The molecule has 0 saturated heterocycles. The molecular weight excluding hydrogens is 355 g/mol. The Hall–Kier alpha value is -2.09. The van der Waals surface area contributed by atoms with Gasteiger partial charge in [0.05, 0.1) is 0 Å². The zero-order valence-corrected chi connectivity index (χ0v) is 11.8. The average molecular weight is 362 g/mol. The van der Waals surface area contributed by atoms with Crippen molar-refractivity contribution in [3.05, 3.63) is 52.1 Å². The molecule has 0 aliphatic heterocycles. The van der Waals surface area contributed by atoms with Gasteiger partial charge in [0.15, 0.2) is 0 Å². The molecule has 4 nitrogen and oxygen atoms in total. The molecule has 2 aromatic rings. The maximum absolute atomic E-state index is 12.5. The molecule has 1 N–H and O–H groups in total. The summed E-state index contributed by atoms with van der Waals surface area (Å²) in [5.41, 5.74) is -1.31. The van der Waals surface area contributed by atoms with Gasteiger partial charge in [-0.05, 0) is 24.3 Å². The number of hydrogen-bond donors (Lipinski definition) is 1. The number of ether oxygens (including phenoxy) is 1. The molecule has 2 rings (SSSR count). The van der Waals surface area contributed by atoms with E-state index in [0.29, 0.717) is 4.47 Å². The lowest BCUT2D eigenvalue weighted by molar-refractivity contribution is -0.141. The first-order valence-corrected chi connectivity index (χ1v) is 6.31. The minimum absolute atomic E-state index is 0.0995. The highest BCUT2D eigenvalue weighted by Crippen LogP contribution is 2.31. The Morgan fingerprint density at radius 1 is 1.24 bits per heavy atom. The van der Waals surface area contributed by atoms with Crippen molar-refractivity contribution >= 4 is 21.9 Å².